The summed E-state index contributed by atoms with van der Waals surface area (Å²) in [6, 6.07) is 15.8. The highest BCUT2D eigenvalue weighted by molar-refractivity contribution is 6.00. The summed E-state index contributed by atoms with van der Waals surface area (Å²) in [7, 11) is 1.83. The lowest BCUT2D eigenvalue weighted by atomic mass is 9.97. The number of likely N-dealkylation sites (tertiary alicyclic amines) is 1. The molecule has 2 aromatic carbocycles. The molecule has 4 heterocycles. The van der Waals surface area contributed by atoms with Crippen molar-refractivity contribution in [1.29, 1.82) is 0 Å². The quantitative estimate of drug-likeness (QED) is 0.322. The minimum Gasteiger partial charge on any atom is -0.383 e. The molecule has 1 saturated heterocycles. The van der Waals surface area contributed by atoms with Crippen LogP contribution in [-0.2, 0) is 7.05 Å². The van der Waals surface area contributed by atoms with Crippen molar-refractivity contribution in [2.75, 3.05) is 18.8 Å². The Kier molecular flexibility index (Phi) is 6.11. The Morgan fingerprint density at radius 1 is 1.05 bits per heavy atom. The Hall–Kier alpha value is -4.92. The highest BCUT2D eigenvalue weighted by atomic mass is 16.2. The normalized spacial score (nSPS) is 15.1. The number of nitrogens with zero attached hydrogens (tertiary/aromatic N) is 4. The van der Waals surface area contributed by atoms with Gasteiger partial charge in [-0.1, -0.05) is 18.2 Å². The summed E-state index contributed by atoms with van der Waals surface area (Å²) in [5.41, 5.74) is 12.9. The minimum absolute atomic E-state index is 0.0408. The summed E-state index contributed by atoms with van der Waals surface area (Å²) in [5.74, 6) is -0.178. The van der Waals surface area contributed by atoms with Crippen LogP contribution in [0, 0.1) is 6.92 Å². The third-order valence-corrected chi connectivity index (χ3v) is 7.35. The van der Waals surface area contributed by atoms with Crippen LogP contribution in [0.3, 0.4) is 0 Å². The van der Waals surface area contributed by atoms with Crippen molar-refractivity contribution in [1.82, 2.24) is 30.0 Å². The number of aromatic amines is 1. The van der Waals surface area contributed by atoms with Gasteiger partial charge in [-0.25, -0.2) is 4.98 Å². The molecule has 0 saturated carbocycles. The second-order valence-electron chi connectivity index (χ2n) is 10.1. The van der Waals surface area contributed by atoms with E-state index in [0.717, 1.165) is 33.3 Å². The first-order valence-corrected chi connectivity index (χ1v) is 12.9. The molecule has 0 aliphatic carbocycles. The number of hydrogen-bond donors (Lipinski definition) is 3. The fourth-order valence-electron chi connectivity index (χ4n) is 5.23. The first-order chi connectivity index (χ1) is 18.9. The molecule has 9 heteroatoms. The lowest BCUT2D eigenvalue weighted by molar-refractivity contribution is 0.0783. The average molecular weight is 520 g/mol. The second-order valence-corrected chi connectivity index (χ2v) is 10.1. The first-order valence-electron chi connectivity index (χ1n) is 12.9. The lowest BCUT2D eigenvalue weighted by Gasteiger charge is -2.18. The fraction of sp³-hybridized carbons (Fsp3) is 0.200. The van der Waals surface area contributed by atoms with Gasteiger partial charge in [-0.3, -0.25) is 14.3 Å². The van der Waals surface area contributed by atoms with Gasteiger partial charge in [0.15, 0.2) is 0 Å². The summed E-state index contributed by atoms with van der Waals surface area (Å²) in [4.78, 5) is 35.6. The molecule has 196 valence electrons. The number of carbonyl (C=O) groups is 2. The number of amides is 2. The van der Waals surface area contributed by atoms with Gasteiger partial charge < -0.3 is 20.9 Å². The van der Waals surface area contributed by atoms with Gasteiger partial charge in [-0.05, 0) is 65.8 Å². The first kappa shape index (κ1) is 24.4. The van der Waals surface area contributed by atoms with Crippen molar-refractivity contribution in [3.63, 3.8) is 0 Å². The predicted molar refractivity (Wildman–Crippen MR) is 151 cm³/mol. The number of hydrogen-bond acceptors (Lipinski definition) is 5. The van der Waals surface area contributed by atoms with Gasteiger partial charge in [0, 0.05) is 67.0 Å². The van der Waals surface area contributed by atoms with E-state index in [1.54, 1.807) is 28.0 Å². The van der Waals surface area contributed by atoms with E-state index in [9.17, 15) is 9.59 Å². The van der Waals surface area contributed by atoms with Gasteiger partial charge in [0.1, 0.15) is 5.82 Å². The number of carbonyl (C=O) groups excluding carboxylic acids is 2. The van der Waals surface area contributed by atoms with E-state index in [1.807, 2.05) is 50.6 Å². The molecule has 1 aliphatic rings. The van der Waals surface area contributed by atoms with Crippen molar-refractivity contribution < 1.29 is 9.59 Å². The summed E-state index contributed by atoms with van der Waals surface area (Å²) < 4.78 is 1.69. The van der Waals surface area contributed by atoms with Gasteiger partial charge in [-0.15, -0.1) is 0 Å². The molecule has 39 heavy (non-hydrogen) atoms. The molecule has 1 aliphatic heterocycles. The van der Waals surface area contributed by atoms with E-state index >= 15 is 0 Å². The molecular formula is C30H29N7O2. The number of rotatable bonds is 5. The van der Waals surface area contributed by atoms with Crippen LogP contribution in [0.2, 0.25) is 0 Å². The molecule has 6 rings (SSSR count). The number of nitrogens with two attached hydrogens (primary N) is 1. The molecule has 0 radical (unpaired) electrons. The smallest absolute Gasteiger partial charge is 0.255 e. The molecule has 1 fully saturated rings. The van der Waals surface area contributed by atoms with Crippen LogP contribution in [0.15, 0.2) is 73.3 Å². The van der Waals surface area contributed by atoms with E-state index in [4.69, 9.17) is 5.73 Å². The molecule has 2 amide bonds. The van der Waals surface area contributed by atoms with Crippen molar-refractivity contribution in [3.05, 3.63) is 90.0 Å². The van der Waals surface area contributed by atoms with Gasteiger partial charge in [0.25, 0.3) is 11.8 Å². The molecule has 0 bridgehead atoms. The molecular weight excluding hydrogens is 490 g/mol. The Bertz CT molecular complexity index is 1720. The Balaban J connectivity index is 1.13. The Morgan fingerprint density at radius 2 is 1.92 bits per heavy atom. The maximum atomic E-state index is 13.3. The number of nitrogen functional groups attached to an aromatic ring is 1. The van der Waals surface area contributed by atoms with Crippen LogP contribution in [0.4, 0.5) is 5.82 Å². The van der Waals surface area contributed by atoms with Crippen LogP contribution in [0.1, 0.15) is 32.7 Å². The van der Waals surface area contributed by atoms with Gasteiger partial charge >= 0.3 is 0 Å². The Labute approximate surface area is 225 Å². The maximum Gasteiger partial charge on any atom is 0.255 e. The van der Waals surface area contributed by atoms with Gasteiger partial charge in [0.2, 0.25) is 0 Å². The van der Waals surface area contributed by atoms with Crippen LogP contribution >= 0.6 is 0 Å². The highest BCUT2D eigenvalue weighted by Crippen LogP contribution is 2.28. The maximum absolute atomic E-state index is 13.3. The molecule has 3 aromatic heterocycles. The molecule has 9 nitrogen and oxygen atoms in total. The standard InChI is InChI=1S/C30H29N7O2/c1-18-11-21(5-6-25(18)20-4-3-19-7-9-32-27(19)13-20)30(39)37-10-8-24(17-37)35-29(38)26-12-22(14-33-28(26)31)23-15-34-36(2)16-23/h3-7,9,11-16,24,32H,8,10,17H2,1-2H3,(H2,31,33)(H,35,38). The van der Waals surface area contributed by atoms with Gasteiger partial charge in [-0.2, -0.15) is 5.10 Å². The minimum atomic E-state index is -0.302. The summed E-state index contributed by atoms with van der Waals surface area (Å²) in [5, 5.41) is 8.38. The van der Waals surface area contributed by atoms with Crippen molar-refractivity contribution in [2.45, 2.75) is 19.4 Å². The third kappa shape index (κ3) is 4.74. The number of anilines is 1. The monoisotopic (exact) mass is 519 g/mol. The van der Waals surface area contributed by atoms with Crippen LogP contribution in [-0.4, -0.2) is 55.6 Å². The molecule has 4 N–H and O–H groups in total. The van der Waals surface area contributed by atoms with E-state index in [2.05, 4.69) is 38.6 Å². The highest BCUT2D eigenvalue weighted by Gasteiger charge is 2.29. The zero-order chi connectivity index (χ0) is 27.1. The number of aryl methyl sites for hydroxylation is 2. The zero-order valence-corrected chi connectivity index (χ0v) is 21.8. The van der Waals surface area contributed by atoms with Crippen LogP contribution in [0.25, 0.3) is 33.2 Å². The average Bonchev–Trinajstić information content (AvgIpc) is 3.69. The topological polar surface area (TPSA) is 122 Å². The van der Waals surface area contributed by atoms with Crippen LogP contribution in [0.5, 0.6) is 0 Å². The molecule has 1 atom stereocenters. The number of aromatic nitrogens is 4. The number of fused-ring (bicyclic) bond motifs is 1. The second kappa shape index (κ2) is 9.75. The van der Waals surface area contributed by atoms with Crippen molar-refractivity contribution >= 4 is 28.5 Å². The fourth-order valence-corrected chi connectivity index (χ4v) is 5.23. The lowest BCUT2D eigenvalue weighted by Crippen LogP contribution is -2.38. The summed E-state index contributed by atoms with van der Waals surface area (Å²) in [6.45, 7) is 3.03. The molecule has 5 aromatic rings. The van der Waals surface area contributed by atoms with Crippen molar-refractivity contribution in [3.8, 4) is 22.3 Å². The van der Waals surface area contributed by atoms with Crippen LogP contribution < -0.4 is 11.1 Å². The van der Waals surface area contributed by atoms with E-state index in [-0.39, 0.29) is 23.7 Å². The summed E-state index contributed by atoms with van der Waals surface area (Å²) in [6.07, 6.45) is 7.79. The largest absolute Gasteiger partial charge is 0.383 e. The van der Waals surface area contributed by atoms with Gasteiger partial charge in [0.05, 0.1) is 11.8 Å². The van der Waals surface area contributed by atoms with E-state index < -0.39 is 0 Å². The number of benzene rings is 2. The number of H-pyrrole nitrogens is 1. The van der Waals surface area contributed by atoms with E-state index in [0.29, 0.717) is 30.6 Å². The number of pyridine rings is 1. The molecule has 0 spiro atoms. The number of nitrogens with one attached hydrogen (secondary N) is 2. The van der Waals surface area contributed by atoms with Crippen molar-refractivity contribution in [2.24, 2.45) is 7.05 Å². The van der Waals surface area contributed by atoms with E-state index in [1.165, 1.54) is 5.39 Å². The molecule has 1 unspecified atom stereocenters. The summed E-state index contributed by atoms with van der Waals surface area (Å²) >= 11 is 0. The zero-order valence-electron chi connectivity index (χ0n) is 21.8. The Morgan fingerprint density at radius 3 is 2.72 bits per heavy atom. The SMILES string of the molecule is Cc1cc(C(=O)N2CCC(NC(=O)c3cc(-c4cnn(C)c4)cnc3N)C2)ccc1-c1ccc2cc[nH]c2c1. The third-order valence-electron chi connectivity index (χ3n) is 7.35. The predicted octanol–water partition coefficient (Wildman–Crippen LogP) is 4.17.